The lowest BCUT2D eigenvalue weighted by Gasteiger charge is -2.07. The van der Waals surface area contributed by atoms with E-state index in [0.717, 1.165) is 32.1 Å². The van der Waals surface area contributed by atoms with Gasteiger partial charge in [-0.2, -0.15) is 0 Å². The van der Waals surface area contributed by atoms with Gasteiger partial charge in [0.15, 0.2) is 0 Å². The minimum Gasteiger partial charge on any atom is -0.393 e. The molecule has 1 nitrogen and oxygen atoms in total. The molecule has 0 aliphatic carbocycles. The van der Waals surface area contributed by atoms with Gasteiger partial charge in [0, 0.05) is 5.88 Å². The zero-order valence-corrected chi connectivity index (χ0v) is 7.40. The summed E-state index contributed by atoms with van der Waals surface area (Å²) in [5.74, 6) is 0.670. The number of unbranched alkanes of at least 4 members (excludes halogenated alkanes) is 1. The van der Waals surface area contributed by atoms with Crippen LogP contribution in [0, 0.1) is 0 Å². The second kappa shape index (κ2) is 7.36. The highest BCUT2D eigenvalue weighted by molar-refractivity contribution is 6.17. The van der Waals surface area contributed by atoms with E-state index in [-0.39, 0.29) is 6.10 Å². The van der Waals surface area contributed by atoms with Crippen molar-refractivity contribution < 1.29 is 5.11 Å². The van der Waals surface area contributed by atoms with Gasteiger partial charge in [0.2, 0.25) is 0 Å². The zero-order valence-electron chi connectivity index (χ0n) is 6.65. The molecule has 0 bridgehead atoms. The van der Waals surface area contributed by atoms with Crippen molar-refractivity contribution in [2.75, 3.05) is 5.88 Å². The summed E-state index contributed by atoms with van der Waals surface area (Å²) in [6, 6.07) is 0. The minimum atomic E-state index is -0.112. The van der Waals surface area contributed by atoms with Gasteiger partial charge in [-0.1, -0.05) is 19.8 Å². The highest BCUT2D eigenvalue weighted by atomic mass is 35.5. The molecule has 0 saturated heterocycles. The third kappa shape index (κ3) is 6.37. The molecule has 1 unspecified atom stereocenters. The Bertz CT molecular complexity index is 58.3. The Morgan fingerprint density at radius 3 is 2.40 bits per heavy atom. The molecule has 0 saturated carbocycles. The molecule has 0 spiro atoms. The summed E-state index contributed by atoms with van der Waals surface area (Å²) in [5.41, 5.74) is 0. The second-order valence-corrected chi connectivity index (χ2v) is 3.01. The summed E-state index contributed by atoms with van der Waals surface area (Å²) < 4.78 is 0. The monoisotopic (exact) mass is 164 g/mol. The lowest BCUT2D eigenvalue weighted by atomic mass is 10.1. The molecular formula is C8H17ClO. The van der Waals surface area contributed by atoms with Crippen molar-refractivity contribution in [3.8, 4) is 0 Å². The fourth-order valence-corrected chi connectivity index (χ4v) is 1.05. The highest BCUT2D eigenvalue weighted by Gasteiger charge is 2.00. The maximum absolute atomic E-state index is 9.25. The van der Waals surface area contributed by atoms with Gasteiger partial charge in [0.1, 0.15) is 0 Å². The van der Waals surface area contributed by atoms with Gasteiger partial charge < -0.3 is 5.11 Å². The lowest BCUT2D eigenvalue weighted by Crippen LogP contribution is -2.05. The van der Waals surface area contributed by atoms with Crippen LogP contribution in [-0.4, -0.2) is 17.1 Å². The van der Waals surface area contributed by atoms with Crippen molar-refractivity contribution in [3.63, 3.8) is 0 Å². The quantitative estimate of drug-likeness (QED) is 0.599. The summed E-state index contributed by atoms with van der Waals surface area (Å²) in [5, 5.41) is 9.25. The lowest BCUT2D eigenvalue weighted by molar-refractivity contribution is 0.151. The summed E-state index contributed by atoms with van der Waals surface area (Å²) >= 11 is 5.47. The highest BCUT2D eigenvalue weighted by Crippen LogP contribution is 2.06. The Morgan fingerprint density at radius 1 is 1.30 bits per heavy atom. The van der Waals surface area contributed by atoms with Crippen molar-refractivity contribution in [1.82, 2.24) is 0 Å². The Hall–Kier alpha value is 0.250. The van der Waals surface area contributed by atoms with Crippen LogP contribution >= 0.6 is 11.6 Å². The molecule has 62 valence electrons. The predicted molar refractivity (Wildman–Crippen MR) is 45.5 cm³/mol. The standard InChI is InChI=1S/C8H17ClO/c1-2-3-5-8(10)6-4-7-9/h8,10H,2-7H2,1H3. The Morgan fingerprint density at radius 2 is 1.90 bits per heavy atom. The van der Waals surface area contributed by atoms with Crippen LogP contribution in [0.2, 0.25) is 0 Å². The Balaban J connectivity index is 3.00. The van der Waals surface area contributed by atoms with Crippen LogP contribution in [0.25, 0.3) is 0 Å². The molecule has 0 rings (SSSR count). The molecule has 2 heteroatoms. The first kappa shape index (κ1) is 10.2. The maximum Gasteiger partial charge on any atom is 0.0540 e. The molecule has 10 heavy (non-hydrogen) atoms. The summed E-state index contributed by atoms with van der Waals surface area (Å²) in [6.45, 7) is 2.13. The number of aliphatic hydroxyl groups excluding tert-OH is 1. The van der Waals surface area contributed by atoms with Crippen LogP contribution in [0.15, 0.2) is 0 Å². The van der Waals surface area contributed by atoms with E-state index in [1.54, 1.807) is 0 Å². The summed E-state index contributed by atoms with van der Waals surface area (Å²) in [7, 11) is 0. The maximum atomic E-state index is 9.25. The van der Waals surface area contributed by atoms with E-state index >= 15 is 0 Å². The van der Waals surface area contributed by atoms with Crippen molar-refractivity contribution >= 4 is 11.6 Å². The smallest absolute Gasteiger partial charge is 0.0540 e. The topological polar surface area (TPSA) is 20.2 Å². The number of halogens is 1. The zero-order chi connectivity index (χ0) is 7.82. The van der Waals surface area contributed by atoms with E-state index in [1.807, 2.05) is 0 Å². The number of hydrogen-bond donors (Lipinski definition) is 1. The number of aliphatic hydroxyl groups is 1. The van der Waals surface area contributed by atoms with Gasteiger partial charge in [0.25, 0.3) is 0 Å². The van der Waals surface area contributed by atoms with Gasteiger partial charge in [-0.3, -0.25) is 0 Å². The molecule has 1 N–H and O–H groups in total. The molecule has 0 aromatic carbocycles. The first-order chi connectivity index (χ1) is 4.81. The van der Waals surface area contributed by atoms with Crippen LogP contribution in [0.3, 0.4) is 0 Å². The van der Waals surface area contributed by atoms with E-state index in [2.05, 4.69) is 6.92 Å². The molecular weight excluding hydrogens is 148 g/mol. The van der Waals surface area contributed by atoms with E-state index in [0.29, 0.717) is 5.88 Å². The fraction of sp³-hybridized carbons (Fsp3) is 1.00. The third-order valence-electron chi connectivity index (χ3n) is 1.56. The van der Waals surface area contributed by atoms with Gasteiger partial charge in [-0.15, -0.1) is 11.6 Å². The largest absolute Gasteiger partial charge is 0.393 e. The van der Waals surface area contributed by atoms with Crippen molar-refractivity contribution in [1.29, 1.82) is 0 Å². The number of rotatable bonds is 6. The van der Waals surface area contributed by atoms with Crippen LogP contribution < -0.4 is 0 Å². The van der Waals surface area contributed by atoms with Crippen molar-refractivity contribution in [3.05, 3.63) is 0 Å². The molecule has 0 aromatic rings. The van der Waals surface area contributed by atoms with Crippen LogP contribution in [0.1, 0.15) is 39.0 Å². The van der Waals surface area contributed by atoms with Gasteiger partial charge in [0.05, 0.1) is 6.10 Å². The fourth-order valence-electron chi connectivity index (χ4n) is 0.897. The van der Waals surface area contributed by atoms with Gasteiger partial charge >= 0.3 is 0 Å². The average Bonchev–Trinajstić information content (AvgIpc) is 1.97. The van der Waals surface area contributed by atoms with Gasteiger partial charge in [-0.05, 0) is 19.3 Å². The molecule has 0 heterocycles. The Labute approximate surface area is 68.4 Å². The number of alkyl halides is 1. The molecule has 1 atom stereocenters. The third-order valence-corrected chi connectivity index (χ3v) is 1.83. The van der Waals surface area contributed by atoms with Crippen LogP contribution in [0.5, 0.6) is 0 Å². The van der Waals surface area contributed by atoms with Crippen molar-refractivity contribution in [2.24, 2.45) is 0 Å². The van der Waals surface area contributed by atoms with Crippen molar-refractivity contribution in [2.45, 2.75) is 45.1 Å². The van der Waals surface area contributed by atoms with Crippen LogP contribution in [-0.2, 0) is 0 Å². The second-order valence-electron chi connectivity index (χ2n) is 2.63. The minimum absolute atomic E-state index is 0.112. The number of hydrogen-bond acceptors (Lipinski definition) is 1. The molecule has 0 aliphatic rings. The molecule has 0 aromatic heterocycles. The Kier molecular flexibility index (Phi) is 7.54. The van der Waals surface area contributed by atoms with E-state index in [4.69, 9.17) is 11.6 Å². The van der Waals surface area contributed by atoms with Gasteiger partial charge in [-0.25, -0.2) is 0 Å². The molecule has 0 radical (unpaired) electrons. The molecule has 0 amide bonds. The SMILES string of the molecule is CCCCC(O)CCCCl. The summed E-state index contributed by atoms with van der Waals surface area (Å²) in [4.78, 5) is 0. The first-order valence-corrected chi connectivity index (χ1v) is 4.58. The van der Waals surface area contributed by atoms with E-state index in [1.165, 1.54) is 0 Å². The normalized spacial score (nSPS) is 13.5. The summed E-state index contributed by atoms with van der Waals surface area (Å²) in [6.07, 6.45) is 4.92. The van der Waals surface area contributed by atoms with E-state index < -0.39 is 0 Å². The van der Waals surface area contributed by atoms with Crippen LogP contribution in [0.4, 0.5) is 0 Å². The molecule has 0 aliphatic heterocycles. The molecule has 0 fully saturated rings. The predicted octanol–water partition coefficient (Wildman–Crippen LogP) is 2.56. The average molecular weight is 165 g/mol. The van der Waals surface area contributed by atoms with E-state index in [9.17, 15) is 5.11 Å². The first-order valence-electron chi connectivity index (χ1n) is 4.05.